The quantitative estimate of drug-likeness (QED) is 0.418. The molecule has 2 atom stereocenters. The molecule has 0 aromatic carbocycles. The Bertz CT molecular complexity index is 207. The summed E-state index contributed by atoms with van der Waals surface area (Å²) in [6.07, 6.45) is -5.35. The van der Waals surface area contributed by atoms with Gasteiger partial charge in [0.15, 0.2) is 6.19 Å². The van der Waals surface area contributed by atoms with Gasteiger partial charge in [0.1, 0.15) is 12.2 Å². The molecule has 0 bridgehead atoms. The second-order valence-electron chi connectivity index (χ2n) is 2.64. The Morgan fingerprint density at radius 1 is 1.42 bits per heavy atom. The maximum absolute atomic E-state index is 12.4. The van der Waals surface area contributed by atoms with Crippen LogP contribution in [0.5, 0.6) is 0 Å². The number of nitriles is 1. The van der Waals surface area contributed by atoms with E-state index in [1.165, 1.54) is 6.19 Å². The van der Waals surface area contributed by atoms with Crippen LogP contribution in [0, 0.1) is 11.5 Å². The van der Waals surface area contributed by atoms with Crippen LogP contribution in [0.3, 0.4) is 0 Å². The Balaban J connectivity index is 2.72. The van der Waals surface area contributed by atoms with Crippen LogP contribution in [0.15, 0.2) is 0 Å². The summed E-state index contributed by atoms with van der Waals surface area (Å²) < 4.78 is 48.5. The van der Waals surface area contributed by atoms with Crippen molar-refractivity contribution < 1.29 is 17.6 Å². The van der Waals surface area contributed by atoms with E-state index in [0.29, 0.717) is 4.90 Å². The average Bonchev–Trinajstić information content (AvgIpc) is 2.29. The lowest BCUT2D eigenvalue weighted by atomic mass is 10.2. The van der Waals surface area contributed by atoms with Crippen LogP contribution in [-0.2, 0) is 0 Å². The van der Waals surface area contributed by atoms with Gasteiger partial charge in [0.05, 0.1) is 6.54 Å². The Morgan fingerprint density at radius 3 is 2.33 bits per heavy atom. The van der Waals surface area contributed by atoms with Gasteiger partial charge in [-0.05, 0) is 0 Å². The third kappa shape index (κ3) is 1.60. The lowest BCUT2D eigenvalue weighted by Crippen LogP contribution is -2.38. The highest BCUT2D eigenvalue weighted by atomic mass is 19.4. The lowest BCUT2D eigenvalue weighted by molar-refractivity contribution is -0.169. The Morgan fingerprint density at radius 2 is 2.00 bits per heavy atom. The smallest absolute Gasteiger partial charge is 0.295 e. The molecule has 0 spiro atoms. The van der Waals surface area contributed by atoms with E-state index in [1.54, 1.807) is 0 Å². The summed E-state index contributed by atoms with van der Waals surface area (Å²) in [5.74, 6) is 0. The second-order valence-corrected chi connectivity index (χ2v) is 2.64. The largest absolute Gasteiger partial charge is 0.409 e. The molecule has 1 fully saturated rings. The van der Waals surface area contributed by atoms with Gasteiger partial charge >= 0.3 is 6.18 Å². The van der Waals surface area contributed by atoms with Crippen molar-refractivity contribution in [2.45, 2.75) is 24.8 Å². The average molecular weight is 182 g/mol. The monoisotopic (exact) mass is 182 g/mol. The van der Waals surface area contributed by atoms with Crippen molar-refractivity contribution in [3.05, 3.63) is 0 Å². The van der Waals surface area contributed by atoms with Crippen LogP contribution in [0.1, 0.15) is 6.42 Å². The molecule has 0 N–H and O–H groups in total. The van der Waals surface area contributed by atoms with Crippen LogP contribution in [0.25, 0.3) is 0 Å². The van der Waals surface area contributed by atoms with Gasteiger partial charge in [0.2, 0.25) is 0 Å². The van der Waals surface area contributed by atoms with Gasteiger partial charge in [0.25, 0.3) is 0 Å². The maximum atomic E-state index is 12.4. The van der Waals surface area contributed by atoms with Crippen LogP contribution in [0.4, 0.5) is 17.6 Å². The SMILES string of the molecule is N#CN1CC(F)C[C@H]1C(F)(F)F. The van der Waals surface area contributed by atoms with Crippen LogP contribution >= 0.6 is 0 Å². The minimum Gasteiger partial charge on any atom is -0.295 e. The number of rotatable bonds is 0. The normalized spacial score (nSPS) is 30.4. The molecule has 0 amide bonds. The summed E-state index contributed by atoms with van der Waals surface area (Å²) in [7, 11) is 0. The summed E-state index contributed by atoms with van der Waals surface area (Å²) in [4.78, 5) is 0.435. The summed E-state index contributed by atoms with van der Waals surface area (Å²) in [6.45, 7) is -0.444. The van der Waals surface area contributed by atoms with Gasteiger partial charge in [-0.25, -0.2) is 4.39 Å². The number of nitrogens with zero attached hydrogens (tertiary/aromatic N) is 2. The molecule has 6 heteroatoms. The summed E-state index contributed by atoms with van der Waals surface area (Å²) in [6, 6.07) is -1.93. The highest BCUT2D eigenvalue weighted by molar-refractivity contribution is 4.96. The Kier molecular flexibility index (Phi) is 2.13. The number of alkyl halides is 4. The predicted octanol–water partition coefficient (Wildman–Crippen LogP) is 1.44. The first-order valence-corrected chi connectivity index (χ1v) is 3.32. The molecule has 1 aliphatic heterocycles. The van der Waals surface area contributed by atoms with Crippen LogP contribution in [-0.4, -0.2) is 29.8 Å². The van der Waals surface area contributed by atoms with E-state index >= 15 is 0 Å². The molecule has 2 nitrogen and oxygen atoms in total. The van der Waals surface area contributed by atoms with E-state index in [0.717, 1.165) is 0 Å². The van der Waals surface area contributed by atoms with E-state index < -0.39 is 31.4 Å². The molecule has 1 unspecified atom stereocenters. The molecule has 0 radical (unpaired) electrons. The fraction of sp³-hybridized carbons (Fsp3) is 0.833. The number of halogens is 4. The molecule has 1 aliphatic rings. The van der Waals surface area contributed by atoms with Crippen LogP contribution in [0.2, 0.25) is 0 Å². The van der Waals surface area contributed by atoms with Gasteiger partial charge in [-0.1, -0.05) is 0 Å². The van der Waals surface area contributed by atoms with Crippen molar-refractivity contribution in [1.29, 1.82) is 5.26 Å². The van der Waals surface area contributed by atoms with E-state index in [2.05, 4.69) is 0 Å². The number of likely N-dealkylation sites (tertiary alicyclic amines) is 1. The molecule has 0 aliphatic carbocycles. The molecule has 0 aromatic heterocycles. The van der Waals surface area contributed by atoms with Crippen molar-refractivity contribution in [2.24, 2.45) is 0 Å². The topological polar surface area (TPSA) is 27.0 Å². The molecule has 0 saturated carbocycles. The summed E-state index contributed by atoms with van der Waals surface area (Å²) in [5, 5.41) is 8.23. The molecular formula is C6H6F4N2. The van der Waals surface area contributed by atoms with Crippen molar-refractivity contribution in [2.75, 3.05) is 6.54 Å². The van der Waals surface area contributed by atoms with Crippen molar-refractivity contribution >= 4 is 0 Å². The maximum Gasteiger partial charge on any atom is 0.409 e. The highest BCUT2D eigenvalue weighted by Gasteiger charge is 2.49. The first-order valence-electron chi connectivity index (χ1n) is 3.32. The zero-order valence-corrected chi connectivity index (χ0v) is 5.98. The Labute approximate surface area is 66.4 Å². The predicted molar refractivity (Wildman–Crippen MR) is 31.7 cm³/mol. The standard InChI is InChI=1S/C6H6F4N2/c7-4-1-5(6(8,9)10)12(2-4)3-11/h4-5H,1-2H2/t4?,5-/m0/s1. The molecule has 68 valence electrons. The zero-order valence-electron chi connectivity index (χ0n) is 5.98. The third-order valence-corrected chi connectivity index (χ3v) is 1.76. The van der Waals surface area contributed by atoms with Crippen LogP contribution < -0.4 is 0 Å². The fourth-order valence-electron chi connectivity index (χ4n) is 1.21. The third-order valence-electron chi connectivity index (χ3n) is 1.76. The molecule has 1 saturated heterocycles. The second kappa shape index (κ2) is 2.81. The lowest BCUT2D eigenvalue weighted by Gasteiger charge is -2.20. The molecule has 0 aromatic rings. The van der Waals surface area contributed by atoms with Crippen molar-refractivity contribution in [3.8, 4) is 6.19 Å². The summed E-state index contributed by atoms with van der Waals surface area (Å²) in [5.41, 5.74) is 0. The molecular weight excluding hydrogens is 176 g/mol. The minimum atomic E-state index is -4.50. The Hall–Kier alpha value is -0.990. The van der Waals surface area contributed by atoms with E-state index in [-0.39, 0.29) is 0 Å². The summed E-state index contributed by atoms with van der Waals surface area (Å²) >= 11 is 0. The van der Waals surface area contributed by atoms with Crippen molar-refractivity contribution in [3.63, 3.8) is 0 Å². The minimum absolute atomic E-state index is 0.435. The van der Waals surface area contributed by atoms with Gasteiger partial charge in [-0.2, -0.15) is 18.4 Å². The molecule has 1 rings (SSSR count). The van der Waals surface area contributed by atoms with E-state index in [9.17, 15) is 17.6 Å². The van der Waals surface area contributed by atoms with Gasteiger partial charge < -0.3 is 0 Å². The van der Waals surface area contributed by atoms with Gasteiger partial charge in [-0.15, -0.1) is 0 Å². The molecule has 12 heavy (non-hydrogen) atoms. The number of hydrogen-bond acceptors (Lipinski definition) is 2. The van der Waals surface area contributed by atoms with E-state index in [4.69, 9.17) is 5.26 Å². The fourth-order valence-corrected chi connectivity index (χ4v) is 1.21. The van der Waals surface area contributed by atoms with Crippen molar-refractivity contribution in [1.82, 2.24) is 4.90 Å². The first kappa shape index (κ1) is 9.10. The number of hydrogen-bond donors (Lipinski definition) is 0. The molecule has 1 heterocycles. The van der Waals surface area contributed by atoms with Gasteiger partial charge in [0, 0.05) is 6.42 Å². The van der Waals surface area contributed by atoms with E-state index in [1.807, 2.05) is 0 Å². The first-order chi connectivity index (χ1) is 5.45. The zero-order chi connectivity index (χ0) is 9.35. The highest BCUT2D eigenvalue weighted by Crippen LogP contribution is 2.33. The van der Waals surface area contributed by atoms with Gasteiger partial charge in [-0.3, -0.25) is 4.90 Å².